The van der Waals surface area contributed by atoms with Gasteiger partial charge in [-0.15, -0.1) is 0 Å². The van der Waals surface area contributed by atoms with Gasteiger partial charge in [0, 0.05) is 25.4 Å². The number of imidazole rings is 1. The van der Waals surface area contributed by atoms with Gasteiger partial charge in [0.05, 0.1) is 23.9 Å². The number of nitrogens with zero attached hydrogens (tertiary/aromatic N) is 3. The van der Waals surface area contributed by atoms with Gasteiger partial charge in [-0.05, 0) is 24.8 Å². The summed E-state index contributed by atoms with van der Waals surface area (Å²) in [5, 5.41) is 2.69. The highest BCUT2D eigenvalue weighted by molar-refractivity contribution is 5.76. The Morgan fingerprint density at radius 1 is 1.42 bits per heavy atom. The highest BCUT2D eigenvalue weighted by atomic mass is 19.4. The van der Waals surface area contributed by atoms with E-state index < -0.39 is 24.9 Å². The minimum absolute atomic E-state index is 0.207. The fourth-order valence-corrected chi connectivity index (χ4v) is 2.57. The molecule has 3 N–H and O–H groups in total. The van der Waals surface area contributed by atoms with E-state index in [1.54, 1.807) is 22.9 Å². The van der Waals surface area contributed by atoms with E-state index in [9.17, 15) is 18.0 Å². The van der Waals surface area contributed by atoms with Crippen LogP contribution in [0, 0.1) is 5.92 Å². The second kappa shape index (κ2) is 6.39. The minimum atomic E-state index is -4.34. The minimum Gasteiger partial charge on any atom is -0.347 e. The number of alkyl halides is 3. The topological polar surface area (TPSA) is 85.3 Å². The SMILES string of the molecule is NCc1cn2ccc(C(NC(=O)CCC(F)(F)F)C3CC3)nc2n1. The molecule has 1 amide bonds. The van der Waals surface area contributed by atoms with Crippen molar-refractivity contribution < 1.29 is 18.0 Å². The van der Waals surface area contributed by atoms with Crippen LogP contribution in [0.15, 0.2) is 18.5 Å². The zero-order valence-electron chi connectivity index (χ0n) is 12.9. The smallest absolute Gasteiger partial charge is 0.347 e. The van der Waals surface area contributed by atoms with E-state index in [1.807, 2.05) is 0 Å². The molecule has 1 atom stereocenters. The van der Waals surface area contributed by atoms with E-state index in [4.69, 9.17) is 5.73 Å². The number of rotatable bonds is 6. The summed E-state index contributed by atoms with van der Waals surface area (Å²) >= 11 is 0. The first-order valence-corrected chi connectivity index (χ1v) is 7.76. The Morgan fingerprint density at radius 3 is 2.79 bits per heavy atom. The molecule has 2 aromatic rings. The Balaban J connectivity index is 1.74. The van der Waals surface area contributed by atoms with Crippen molar-refractivity contribution in [2.75, 3.05) is 0 Å². The molecule has 1 aliphatic carbocycles. The molecular formula is C15H18F3N5O. The first kappa shape index (κ1) is 16.7. The number of hydrogen-bond donors (Lipinski definition) is 2. The molecule has 0 radical (unpaired) electrons. The molecule has 3 rings (SSSR count). The summed E-state index contributed by atoms with van der Waals surface area (Å²) < 4.78 is 38.5. The van der Waals surface area contributed by atoms with E-state index in [1.165, 1.54) is 0 Å². The highest BCUT2D eigenvalue weighted by Gasteiger charge is 2.35. The number of halogens is 3. The van der Waals surface area contributed by atoms with Gasteiger partial charge in [-0.3, -0.25) is 9.20 Å². The van der Waals surface area contributed by atoms with Crippen LogP contribution in [0.25, 0.3) is 5.78 Å². The molecule has 1 unspecified atom stereocenters. The van der Waals surface area contributed by atoms with Crippen molar-refractivity contribution >= 4 is 11.7 Å². The maximum Gasteiger partial charge on any atom is 0.389 e. The molecule has 1 aliphatic rings. The summed E-state index contributed by atoms with van der Waals surface area (Å²) in [7, 11) is 0. The van der Waals surface area contributed by atoms with Crippen molar-refractivity contribution in [3.8, 4) is 0 Å². The third kappa shape index (κ3) is 4.02. The molecule has 0 aliphatic heterocycles. The summed E-state index contributed by atoms with van der Waals surface area (Å²) in [5.41, 5.74) is 6.85. The predicted octanol–water partition coefficient (Wildman–Crippen LogP) is 2.10. The van der Waals surface area contributed by atoms with Crippen molar-refractivity contribution in [3.63, 3.8) is 0 Å². The van der Waals surface area contributed by atoms with Gasteiger partial charge in [0.1, 0.15) is 0 Å². The monoisotopic (exact) mass is 341 g/mol. The Bertz CT molecular complexity index is 738. The normalized spacial score (nSPS) is 16.3. The lowest BCUT2D eigenvalue weighted by atomic mass is 10.1. The van der Waals surface area contributed by atoms with Crippen LogP contribution in [0.3, 0.4) is 0 Å². The highest BCUT2D eigenvalue weighted by Crippen LogP contribution is 2.40. The van der Waals surface area contributed by atoms with Gasteiger partial charge in [-0.1, -0.05) is 0 Å². The Morgan fingerprint density at radius 2 is 2.17 bits per heavy atom. The van der Waals surface area contributed by atoms with Crippen LogP contribution in [-0.2, 0) is 11.3 Å². The van der Waals surface area contributed by atoms with Crippen LogP contribution < -0.4 is 11.1 Å². The van der Waals surface area contributed by atoms with Crippen molar-refractivity contribution in [2.24, 2.45) is 11.7 Å². The third-order valence-corrected chi connectivity index (χ3v) is 3.97. The number of hydrogen-bond acceptors (Lipinski definition) is 4. The van der Waals surface area contributed by atoms with Gasteiger partial charge in [0.15, 0.2) is 0 Å². The second-order valence-corrected chi connectivity index (χ2v) is 5.99. The number of nitrogens with two attached hydrogens (primary N) is 1. The standard InChI is InChI=1S/C15H18F3N5O/c16-15(17,18)5-3-12(24)22-13(9-1-2-9)11-4-6-23-8-10(7-19)20-14(23)21-11/h4,6,8-9,13H,1-3,5,7,19H2,(H,22,24). The fourth-order valence-electron chi connectivity index (χ4n) is 2.57. The Hall–Kier alpha value is -2.16. The Labute approximate surface area is 136 Å². The number of carbonyl (C=O) groups excluding carboxylic acids is 1. The lowest BCUT2D eigenvalue weighted by Crippen LogP contribution is -2.31. The van der Waals surface area contributed by atoms with Crippen LogP contribution >= 0.6 is 0 Å². The maximum absolute atomic E-state index is 12.2. The predicted molar refractivity (Wildman–Crippen MR) is 79.8 cm³/mol. The van der Waals surface area contributed by atoms with Crippen molar-refractivity contribution in [3.05, 3.63) is 29.8 Å². The average Bonchev–Trinajstić information content (AvgIpc) is 3.28. The van der Waals surface area contributed by atoms with Gasteiger partial charge < -0.3 is 11.1 Å². The zero-order chi connectivity index (χ0) is 17.3. The zero-order valence-corrected chi connectivity index (χ0v) is 12.9. The lowest BCUT2D eigenvalue weighted by Gasteiger charge is -2.18. The van der Waals surface area contributed by atoms with Crippen LogP contribution in [0.1, 0.15) is 43.1 Å². The molecule has 0 saturated heterocycles. The summed E-state index contributed by atoms with van der Waals surface area (Å²) in [6.07, 6.45) is -0.670. The maximum atomic E-state index is 12.2. The summed E-state index contributed by atoms with van der Waals surface area (Å²) in [5.74, 6) is 0.0544. The third-order valence-electron chi connectivity index (χ3n) is 3.97. The van der Waals surface area contributed by atoms with Crippen molar-refractivity contribution in [1.82, 2.24) is 19.7 Å². The quantitative estimate of drug-likeness (QED) is 0.843. The fraction of sp³-hybridized carbons (Fsp3) is 0.533. The van der Waals surface area contributed by atoms with Gasteiger partial charge >= 0.3 is 6.18 Å². The molecule has 6 nitrogen and oxygen atoms in total. The van der Waals surface area contributed by atoms with E-state index in [2.05, 4.69) is 15.3 Å². The number of carbonyl (C=O) groups is 1. The number of amides is 1. The summed E-state index contributed by atoms with van der Waals surface area (Å²) in [6.45, 7) is 0.291. The summed E-state index contributed by atoms with van der Waals surface area (Å²) in [6, 6.07) is 1.37. The van der Waals surface area contributed by atoms with Gasteiger partial charge in [-0.25, -0.2) is 9.97 Å². The van der Waals surface area contributed by atoms with Crippen LogP contribution in [0.4, 0.5) is 13.2 Å². The number of fused-ring (bicyclic) bond motifs is 1. The molecule has 0 bridgehead atoms. The molecule has 130 valence electrons. The first-order valence-electron chi connectivity index (χ1n) is 7.76. The van der Waals surface area contributed by atoms with Crippen molar-refractivity contribution in [1.29, 1.82) is 0 Å². The summed E-state index contributed by atoms with van der Waals surface area (Å²) in [4.78, 5) is 20.5. The van der Waals surface area contributed by atoms with E-state index >= 15 is 0 Å². The molecule has 9 heteroatoms. The van der Waals surface area contributed by atoms with Crippen molar-refractivity contribution in [2.45, 2.75) is 44.4 Å². The first-order chi connectivity index (χ1) is 11.4. The average molecular weight is 341 g/mol. The van der Waals surface area contributed by atoms with Gasteiger partial charge in [0.2, 0.25) is 11.7 Å². The van der Waals surface area contributed by atoms with Gasteiger partial charge in [0.25, 0.3) is 0 Å². The van der Waals surface area contributed by atoms with Crippen LogP contribution in [0.2, 0.25) is 0 Å². The molecule has 1 saturated carbocycles. The molecular weight excluding hydrogens is 323 g/mol. The molecule has 24 heavy (non-hydrogen) atoms. The van der Waals surface area contributed by atoms with E-state index in [0.29, 0.717) is 23.7 Å². The number of nitrogens with one attached hydrogen (secondary N) is 1. The lowest BCUT2D eigenvalue weighted by molar-refractivity contribution is -0.144. The van der Waals surface area contributed by atoms with Crippen LogP contribution in [-0.4, -0.2) is 26.5 Å². The Kier molecular flexibility index (Phi) is 4.44. The number of aromatic nitrogens is 3. The molecule has 2 heterocycles. The van der Waals surface area contributed by atoms with E-state index in [-0.39, 0.29) is 12.0 Å². The molecule has 2 aromatic heterocycles. The van der Waals surface area contributed by atoms with Crippen LogP contribution in [0.5, 0.6) is 0 Å². The second-order valence-electron chi connectivity index (χ2n) is 5.99. The molecule has 0 spiro atoms. The molecule has 1 fully saturated rings. The largest absolute Gasteiger partial charge is 0.389 e. The molecule has 0 aromatic carbocycles. The van der Waals surface area contributed by atoms with Gasteiger partial charge in [-0.2, -0.15) is 13.2 Å². The van der Waals surface area contributed by atoms with E-state index in [0.717, 1.165) is 12.8 Å².